The van der Waals surface area contributed by atoms with Crippen LogP contribution in [0, 0.1) is 37.5 Å². The van der Waals surface area contributed by atoms with Crippen molar-refractivity contribution in [3.63, 3.8) is 0 Å². The second-order valence-corrected chi connectivity index (χ2v) is 6.71. The molecule has 0 aliphatic heterocycles. The van der Waals surface area contributed by atoms with Gasteiger partial charge in [-0.15, -0.1) is 0 Å². The molecule has 3 aliphatic rings. The van der Waals surface area contributed by atoms with Crippen LogP contribution in [0.3, 0.4) is 0 Å². The Balaban J connectivity index is 1.55. The fourth-order valence-electron chi connectivity index (χ4n) is 5.18. The second-order valence-electron chi connectivity index (χ2n) is 6.71. The Morgan fingerprint density at radius 2 is 1.94 bits per heavy atom. The van der Waals surface area contributed by atoms with Gasteiger partial charge in [-0.25, -0.2) is 0 Å². The van der Waals surface area contributed by atoms with Crippen LogP contribution in [0.1, 0.15) is 43.5 Å². The van der Waals surface area contributed by atoms with Gasteiger partial charge in [-0.2, -0.15) is 5.10 Å². The number of nitrogens with one attached hydrogen (secondary N) is 2. The molecule has 0 aromatic carbocycles. The first kappa shape index (κ1) is 10.9. The molecule has 5 atom stereocenters. The number of hydrogen-bond donors (Lipinski definition) is 2. The van der Waals surface area contributed by atoms with Crippen molar-refractivity contribution in [1.82, 2.24) is 10.2 Å². The highest BCUT2D eigenvalue weighted by Gasteiger charge is 2.53. The van der Waals surface area contributed by atoms with Crippen molar-refractivity contribution < 1.29 is 0 Å². The van der Waals surface area contributed by atoms with E-state index in [9.17, 15) is 0 Å². The van der Waals surface area contributed by atoms with Gasteiger partial charge in [0.1, 0.15) is 0 Å². The molecule has 98 valence electrons. The first-order chi connectivity index (χ1) is 8.74. The minimum atomic E-state index is 0.712. The zero-order valence-corrected chi connectivity index (χ0v) is 11.4. The molecule has 3 saturated carbocycles. The molecule has 4 rings (SSSR count). The molecular weight excluding hydrogens is 222 g/mol. The van der Waals surface area contributed by atoms with Crippen molar-refractivity contribution in [2.45, 2.75) is 52.0 Å². The molecule has 2 bridgehead atoms. The summed E-state index contributed by atoms with van der Waals surface area (Å²) < 4.78 is 0. The average Bonchev–Trinajstić information content (AvgIpc) is 3.06. The van der Waals surface area contributed by atoms with Gasteiger partial charge in [-0.05, 0) is 63.2 Å². The van der Waals surface area contributed by atoms with Crippen molar-refractivity contribution >= 4 is 5.69 Å². The Labute approximate surface area is 109 Å². The predicted octanol–water partition coefficient (Wildman–Crippen LogP) is 3.26. The molecular formula is C15H23N3. The number of aromatic amines is 1. The van der Waals surface area contributed by atoms with Gasteiger partial charge < -0.3 is 5.32 Å². The Hall–Kier alpha value is -0.990. The van der Waals surface area contributed by atoms with Gasteiger partial charge in [0.05, 0.1) is 17.1 Å². The molecule has 3 heteroatoms. The lowest BCUT2D eigenvalue weighted by atomic mass is 9.79. The van der Waals surface area contributed by atoms with Gasteiger partial charge in [0.2, 0.25) is 0 Å². The van der Waals surface area contributed by atoms with E-state index in [1.165, 1.54) is 43.5 Å². The quantitative estimate of drug-likeness (QED) is 0.839. The Bertz CT molecular complexity index is 445. The molecule has 5 unspecified atom stereocenters. The summed E-state index contributed by atoms with van der Waals surface area (Å²) in [6, 6.07) is 0.712. The fraction of sp³-hybridized carbons (Fsp3) is 0.800. The predicted molar refractivity (Wildman–Crippen MR) is 72.5 cm³/mol. The van der Waals surface area contributed by atoms with Crippen molar-refractivity contribution in [2.75, 3.05) is 5.32 Å². The summed E-state index contributed by atoms with van der Waals surface area (Å²) in [4.78, 5) is 0. The topological polar surface area (TPSA) is 40.7 Å². The molecule has 1 aromatic rings. The second kappa shape index (κ2) is 3.75. The largest absolute Gasteiger partial charge is 0.379 e. The average molecular weight is 245 g/mol. The maximum absolute atomic E-state index is 4.30. The number of aryl methyl sites for hydroxylation is 2. The van der Waals surface area contributed by atoms with E-state index in [1.54, 1.807) is 0 Å². The summed E-state index contributed by atoms with van der Waals surface area (Å²) in [6.07, 6.45) is 7.38. The van der Waals surface area contributed by atoms with Gasteiger partial charge in [-0.3, -0.25) is 5.10 Å². The minimum Gasteiger partial charge on any atom is -0.379 e. The highest BCUT2D eigenvalue weighted by atomic mass is 15.2. The monoisotopic (exact) mass is 245 g/mol. The molecule has 3 nitrogen and oxygen atoms in total. The summed E-state index contributed by atoms with van der Waals surface area (Å²) in [7, 11) is 0. The van der Waals surface area contributed by atoms with Crippen LogP contribution in [0.2, 0.25) is 0 Å². The van der Waals surface area contributed by atoms with E-state index in [-0.39, 0.29) is 0 Å². The number of hydrogen-bond acceptors (Lipinski definition) is 2. The van der Waals surface area contributed by atoms with E-state index < -0.39 is 0 Å². The maximum Gasteiger partial charge on any atom is 0.0825 e. The molecule has 0 radical (unpaired) electrons. The maximum atomic E-state index is 4.30. The van der Waals surface area contributed by atoms with Crippen molar-refractivity contribution in [3.05, 3.63) is 11.4 Å². The van der Waals surface area contributed by atoms with E-state index in [0.29, 0.717) is 6.04 Å². The van der Waals surface area contributed by atoms with Gasteiger partial charge in [0.25, 0.3) is 0 Å². The SMILES string of the molecule is Cc1n[nH]c(C)c1NC1CC2CC1C1CCCC21. The van der Waals surface area contributed by atoms with E-state index in [0.717, 1.165) is 29.4 Å². The van der Waals surface area contributed by atoms with Crippen LogP contribution in [0.15, 0.2) is 0 Å². The van der Waals surface area contributed by atoms with Crippen LogP contribution in [0.4, 0.5) is 5.69 Å². The van der Waals surface area contributed by atoms with Crippen LogP contribution in [0.5, 0.6) is 0 Å². The van der Waals surface area contributed by atoms with Crippen LogP contribution in [-0.4, -0.2) is 16.2 Å². The lowest BCUT2D eigenvalue weighted by Crippen LogP contribution is -2.34. The third kappa shape index (κ3) is 1.39. The minimum absolute atomic E-state index is 0.712. The Morgan fingerprint density at radius 3 is 2.72 bits per heavy atom. The highest BCUT2D eigenvalue weighted by Crippen LogP contribution is 2.59. The molecule has 18 heavy (non-hydrogen) atoms. The molecule has 2 N–H and O–H groups in total. The smallest absolute Gasteiger partial charge is 0.0825 e. The number of fused-ring (bicyclic) bond motifs is 5. The number of nitrogens with zero attached hydrogens (tertiary/aromatic N) is 1. The lowest BCUT2D eigenvalue weighted by Gasteiger charge is -2.32. The van der Waals surface area contributed by atoms with Crippen LogP contribution >= 0.6 is 0 Å². The van der Waals surface area contributed by atoms with Crippen LogP contribution in [-0.2, 0) is 0 Å². The zero-order chi connectivity index (χ0) is 12.3. The Morgan fingerprint density at radius 1 is 1.11 bits per heavy atom. The summed E-state index contributed by atoms with van der Waals surface area (Å²) in [5, 5.41) is 11.2. The van der Waals surface area contributed by atoms with Crippen molar-refractivity contribution in [1.29, 1.82) is 0 Å². The van der Waals surface area contributed by atoms with E-state index in [1.807, 2.05) is 0 Å². The molecule has 0 amide bonds. The number of H-pyrrole nitrogens is 1. The summed E-state index contributed by atoms with van der Waals surface area (Å²) in [5.74, 6) is 4.08. The third-order valence-electron chi connectivity index (χ3n) is 5.89. The lowest BCUT2D eigenvalue weighted by molar-refractivity contribution is 0.243. The molecule has 3 fully saturated rings. The molecule has 0 spiro atoms. The number of rotatable bonds is 2. The van der Waals surface area contributed by atoms with Gasteiger partial charge in [0.15, 0.2) is 0 Å². The first-order valence-corrected chi connectivity index (χ1v) is 7.52. The van der Waals surface area contributed by atoms with Crippen molar-refractivity contribution in [3.8, 4) is 0 Å². The standard InChI is InChI=1S/C15H23N3/c1-8-15(9(2)18-17-8)16-14-7-10-6-13(14)12-5-3-4-11(10)12/h10-14,16H,3-7H2,1-2H3,(H,17,18). The van der Waals surface area contributed by atoms with Gasteiger partial charge in [-0.1, -0.05) is 6.42 Å². The van der Waals surface area contributed by atoms with Gasteiger partial charge in [0, 0.05) is 6.04 Å². The van der Waals surface area contributed by atoms with Crippen molar-refractivity contribution in [2.24, 2.45) is 23.7 Å². The summed E-state index contributed by atoms with van der Waals surface area (Å²) in [6.45, 7) is 4.21. The molecule has 1 heterocycles. The van der Waals surface area contributed by atoms with Gasteiger partial charge >= 0.3 is 0 Å². The van der Waals surface area contributed by atoms with Crippen LogP contribution < -0.4 is 5.32 Å². The molecule has 3 aliphatic carbocycles. The number of anilines is 1. The zero-order valence-electron chi connectivity index (χ0n) is 11.4. The number of aromatic nitrogens is 2. The summed E-state index contributed by atoms with van der Waals surface area (Å²) >= 11 is 0. The van der Waals surface area contributed by atoms with E-state index in [2.05, 4.69) is 29.4 Å². The van der Waals surface area contributed by atoms with E-state index in [4.69, 9.17) is 0 Å². The Kier molecular flexibility index (Phi) is 2.27. The molecule has 0 saturated heterocycles. The molecule has 1 aromatic heterocycles. The highest BCUT2D eigenvalue weighted by molar-refractivity contribution is 5.52. The third-order valence-corrected chi connectivity index (χ3v) is 5.89. The van der Waals surface area contributed by atoms with E-state index >= 15 is 0 Å². The first-order valence-electron chi connectivity index (χ1n) is 7.52. The fourth-order valence-corrected chi connectivity index (χ4v) is 5.18. The normalized spacial score (nSPS) is 41.3. The summed E-state index contributed by atoms with van der Waals surface area (Å²) in [5.41, 5.74) is 3.58. The van der Waals surface area contributed by atoms with Crippen LogP contribution in [0.25, 0.3) is 0 Å².